The molecule has 0 aliphatic carbocycles. The zero-order valence-electron chi connectivity index (χ0n) is 10.7. The molecule has 0 unspecified atom stereocenters. The second-order valence-electron chi connectivity index (χ2n) is 4.58. The van der Waals surface area contributed by atoms with Crippen molar-refractivity contribution in [2.75, 3.05) is 0 Å². The Balaban J connectivity index is 2.21. The third-order valence-electron chi connectivity index (χ3n) is 2.78. The van der Waals surface area contributed by atoms with Crippen molar-refractivity contribution in [3.8, 4) is 0 Å². The van der Waals surface area contributed by atoms with Crippen LogP contribution in [0.1, 0.15) is 35.9 Å². The molecule has 0 radical (unpaired) electrons. The molecule has 0 saturated heterocycles. The van der Waals surface area contributed by atoms with Crippen LogP contribution in [-0.4, -0.2) is 15.6 Å². The van der Waals surface area contributed by atoms with E-state index in [0.29, 0.717) is 10.2 Å². The number of rotatable bonds is 4. The fraction of sp³-hybridized carbons (Fsp3) is 0.286. The number of halogens is 2. The minimum atomic E-state index is -0.511. The molecule has 3 nitrogen and oxygen atoms in total. The zero-order chi connectivity index (χ0) is 14.0. The summed E-state index contributed by atoms with van der Waals surface area (Å²) in [5, 5.41) is 4.29. The van der Waals surface area contributed by atoms with Gasteiger partial charge in [0.05, 0.1) is 17.7 Å². The molecule has 0 aliphatic heterocycles. The van der Waals surface area contributed by atoms with E-state index in [-0.39, 0.29) is 23.8 Å². The smallest absolute Gasteiger partial charge is 0.172 e. The van der Waals surface area contributed by atoms with Crippen LogP contribution in [0, 0.1) is 5.82 Å². The Kier molecular flexibility index (Phi) is 4.14. The molecule has 1 aromatic heterocycles. The molecular formula is C14H14BrFN2O. The molecule has 0 spiro atoms. The van der Waals surface area contributed by atoms with Crippen LogP contribution in [0.3, 0.4) is 0 Å². The van der Waals surface area contributed by atoms with Gasteiger partial charge in [0.25, 0.3) is 0 Å². The first-order chi connectivity index (χ1) is 8.99. The third kappa shape index (κ3) is 3.10. The van der Waals surface area contributed by atoms with Crippen molar-refractivity contribution in [3.63, 3.8) is 0 Å². The van der Waals surface area contributed by atoms with E-state index in [1.807, 2.05) is 20.0 Å². The standard InChI is InChI=1S/C14H14BrFN2O/c1-9(2)18-7-6-10(17-18)8-13(19)14-11(15)4-3-5-12(14)16/h3-7,9H,8H2,1-2H3. The Morgan fingerprint density at radius 2 is 2.16 bits per heavy atom. The number of carbonyl (C=O) groups is 1. The molecule has 2 aromatic rings. The first kappa shape index (κ1) is 13.9. The van der Waals surface area contributed by atoms with Crippen molar-refractivity contribution in [1.82, 2.24) is 9.78 Å². The molecule has 0 atom stereocenters. The summed E-state index contributed by atoms with van der Waals surface area (Å²) in [4.78, 5) is 12.1. The number of aromatic nitrogens is 2. The fourth-order valence-electron chi connectivity index (χ4n) is 1.78. The molecule has 19 heavy (non-hydrogen) atoms. The average molecular weight is 325 g/mol. The fourth-order valence-corrected chi connectivity index (χ4v) is 2.34. The molecule has 0 fully saturated rings. The van der Waals surface area contributed by atoms with Gasteiger partial charge in [-0.3, -0.25) is 9.48 Å². The molecular weight excluding hydrogens is 311 g/mol. The van der Waals surface area contributed by atoms with Gasteiger partial charge >= 0.3 is 0 Å². The van der Waals surface area contributed by atoms with E-state index in [4.69, 9.17) is 0 Å². The van der Waals surface area contributed by atoms with Crippen molar-refractivity contribution < 1.29 is 9.18 Å². The monoisotopic (exact) mass is 324 g/mol. The van der Waals surface area contributed by atoms with Crippen molar-refractivity contribution in [1.29, 1.82) is 0 Å². The summed E-state index contributed by atoms with van der Waals surface area (Å²) in [6.07, 6.45) is 1.92. The lowest BCUT2D eigenvalue weighted by molar-refractivity contribution is 0.0987. The summed E-state index contributed by atoms with van der Waals surface area (Å²) in [5.41, 5.74) is 0.732. The Morgan fingerprint density at radius 3 is 2.74 bits per heavy atom. The van der Waals surface area contributed by atoms with Crippen LogP contribution in [-0.2, 0) is 6.42 Å². The second kappa shape index (κ2) is 5.65. The molecule has 0 N–H and O–H groups in total. The molecule has 2 rings (SSSR count). The second-order valence-corrected chi connectivity index (χ2v) is 5.43. The maximum absolute atomic E-state index is 13.7. The molecule has 0 aliphatic rings. The van der Waals surface area contributed by atoms with E-state index < -0.39 is 5.82 Å². The lowest BCUT2D eigenvalue weighted by Crippen LogP contribution is -2.09. The Labute approximate surface area is 119 Å². The SMILES string of the molecule is CC(C)n1ccc(CC(=O)c2c(F)cccc2Br)n1. The van der Waals surface area contributed by atoms with Crippen LogP contribution >= 0.6 is 15.9 Å². The zero-order valence-corrected chi connectivity index (χ0v) is 12.3. The predicted molar refractivity (Wildman–Crippen MR) is 74.7 cm³/mol. The normalized spacial score (nSPS) is 11.0. The quantitative estimate of drug-likeness (QED) is 0.802. The highest BCUT2D eigenvalue weighted by atomic mass is 79.9. The van der Waals surface area contributed by atoms with Crippen LogP contribution in [0.4, 0.5) is 4.39 Å². The number of carbonyl (C=O) groups excluding carboxylic acids is 1. The maximum atomic E-state index is 13.7. The summed E-state index contributed by atoms with van der Waals surface area (Å²) < 4.78 is 15.9. The van der Waals surface area contributed by atoms with Crippen molar-refractivity contribution in [2.45, 2.75) is 26.3 Å². The number of nitrogens with zero attached hydrogens (tertiary/aromatic N) is 2. The van der Waals surface area contributed by atoms with Gasteiger partial charge in [0, 0.05) is 16.7 Å². The molecule has 1 heterocycles. The summed E-state index contributed by atoms with van der Waals surface area (Å²) in [6, 6.07) is 6.52. The minimum Gasteiger partial charge on any atom is -0.294 e. The number of hydrogen-bond acceptors (Lipinski definition) is 2. The van der Waals surface area contributed by atoms with Gasteiger partial charge in [0.2, 0.25) is 0 Å². The van der Waals surface area contributed by atoms with E-state index in [2.05, 4.69) is 21.0 Å². The largest absolute Gasteiger partial charge is 0.294 e. The first-order valence-corrected chi connectivity index (χ1v) is 6.79. The van der Waals surface area contributed by atoms with E-state index in [1.54, 1.807) is 22.9 Å². The lowest BCUT2D eigenvalue weighted by atomic mass is 10.1. The predicted octanol–water partition coefficient (Wildman–Crippen LogP) is 3.79. The van der Waals surface area contributed by atoms with Gasteiger partial charge < -0.3 is 0 Å². The molecule has 0 bridgehead atoms. The van der Waals surface area contributed by atoms with Crippen LogP contribution in [0.2, 0.25) is 0 Å². The summed E-state index contributed by atoms with van der Waals surface area (Å²) in [5.74, 6) is -0.790. The van der Waals surface area contributed by atoms with Gasteiger partial charge in [-0.15, -0.1) is 0 Å². The molecule has 0 amide bonds. The van der Waals surface area contributed by atoms with E-state index in [0.717, 1.165) is 0 Å². The van der Waals surface area contributed by atoms with Crippen LogP contribution in [0.5, 0.6) is 0 Å². The lowest BCUT2D eigenvalue weighted by Gasteiger charge is -2.05. The van der Waals surface area contributed by atoms with Gasteiger partial charge in [-0.1, -0.05) is 6.07 Å². The summed E-state index contributed by atoms with van der Waals surface area (Å²) >= 11 is 3.20. The van der Waals surface area contributed by atoms with Crippen molar-refractivity contribution in [2.24, 2.45) is 0 Å². The van der Waals surface area contributed by atoms with E-state index >= 15 is 0 Å². The van der Waals surface area contributed by atoms with Gasteiger partial charge in [-0.05, 0) is 48.0 Å². The van der Waals surface area contributed by atoms with Crippen molar-refractivity contribution in [3.05, 3.63) is 52.0 Å². The number of benzene rings is 1. The highest BCUT2D eigenvalue weighted by molar-refractivity contribution is 9.10. The summed E-state index contributed by atoms with van der Waals surface area (Å²) in [6.45, 7) is 4.01. The molecule has 0 saturated carbocycles. The summed E-state index contributed by atoms with van der Waals surface area (Å²) in [7, 11) is 0. The van der Waals surface area contributed by atoms with Gasteiger partial charge in [-0.25, -0.2) is 4.39 Å². The van der Waals surface area contributed by atoms with Crippen molar-refractivity contribution >= 4 is 21.7 Å². The van der Waals surface area contributed by atoms with Crippen LogP contribution in [0.25, 0.3) is 0 Å². The van der Waals surface area contributed by atoms with E-state index in [1.165, 1.54) is 6.07 Å². The van der Waals surface area contributed by atoms with Crippen LogP contribution < -0.4 is 0 Å². The number of hydrogen-bond donors (Lipinski definition) is 0. The Morgan fingerprint density at radius 1 is 1.42 bits per heavy atom. The van der Waals surface area contributed by atoms with E-state index in [9.17, 15) is 9.18 Å². The highest BCUT2D eigenvalue weighted by Crippen LogP contribution is 2.21. The first-order valence-electron chi connectivity index (χ1n) is 6.00. The minimum absolute atomic E-state index is 0.0848. The average Bonchev–Trinajstić information content (AvgIpc) is 2.77. The van der Waals surface area contributed by atoms with Gasteiger partial charge in [0.15, 0.2) is 5.78 Å². The number of Topliss-reactive ketones (excluding diaryl/α,β-unsaturated/α-hetero) is 1. The third-order valence-corrected chi connectivity index (χ3v) is 3.44. The van der Waals surface area contributed by atoms with Crippen LogP contribution in [0.15, 0.2) is 34.9 Å². The highest BCUT2D eigenvalue weighted by Gasteiger charge is 2.17. The molecule has 100 valence electrons. The molecule has 1 aromatic carbocycles. The maximum Gasteiger partial charge on any atom is 0.172 e. The molecule has 5 heteroatoms. The Hall–Kier alpha value is -1.49. The topological polar surface area (TPSA) is 34.9 Å². The number of ketones is 1. The van der Waals surface area contributed by atoms with Gasteiger partial charge in [0.1, 0.15) is 5.82 Å². The van der Waals surface area contributed by atoms with Gasteiger partial charge in [-0.2, -0.15) is 5.10 Å². The Bertz CT molecular complexity index is 587.